The second kappa shape index (κ2) is 11.0. The van der Waals surface area contributed by atoms with Gasteiger partial charge in [0.1, 0.15) is 12.3 Å². The van der Waals surface area contributed by atoms with E-state index in [1.165, 1.54) is 0 Å². The Morgan fingerprint density at radius 1 is 0.970 bits per heavy atom. The first kappa shape index (κ1) is 22.1. The minimum atomic E-state index is -0.0354. The summed E-state index contributed by atoms with van der Waals surface area (Å²) in [4.78, 5) is 16.9. The molecule has 2 aromatic heterocycles. The van der Waals surface area contributed by atoms with Crippen LogP contribution >= 0.6 is 0 Å². The standard InChI is InChI=1S/C27H26N2O4/c1-31-23-13-11-20(17-25(23)33-19-21-7-3-2-4-8-21)12-14-26(30)29-18-22-9-5-15-28-27(22)24-10-6-16-32-24/h2-11,13,15-17H,12,14,18-19H2,1H3,(H,29,30). The van der Waals surface area contributed by atoms with Crippen LogP contribution in [-0.4, -0.2) is 18.0 Å². The number of aromatic nitrogens is 1. The van der Waals surface area contributed by atoms with Gasteiger partial charge in [0.15, 0.2) is 17.3 Å². The van der Waals surface area contributed by atoms with Crippen molar-refractivity contribution in [2.24, 2.45) is 0 Å². The van der Waals surface area contributed by atoms with Crippen LogP contribution in [0.15, 0.2) is 89.7 Å². The van der Waals surface area contributed by atoms with E-state index in [1.807, 2.05) is 72.8 Å². The molecule has 1 N–H and O–H groups in total. The molecule has 0 aliphatic heterocycles. The molecule has 6 nitrogen and oxygen atoms in total. The van der Waals surface area contributed by atoms with Gasteiger partial charge in [-0.3, -0.25) is 9.78 Å². The number of nitrogens with one attached hydrogen (secondary N) is 1. The Hall–Kier alpha value is -4.06. The number of rotatable bonds is 10. The van der Waals surface area contributed by atoms with Crippen LogP contribution in [0.25, 0.3) is 11.5 Å². The number of furan rings is 1. The van der Waals surface area contributed by atoms with E-state index >= 15 is 0 Å². The summed E-state index contributed by atoms with van der Waals surface area (Å²) in [6.45, 7) is 0.834. The molecule has 2 aromatic carbocycles. The van der Waals surface area contributed by atoms with Gasteiger partial charge in [-0.15, -0.1) is 0 Å². The van der Waals surface area contributed by atoms with Crippen LogP contribution in [0.5, 0.6) is 11.5 Å². The number of hydrogen-bond acceptors (Lipinski definition) is 5. The Kier molecular flexibility index (Phi) is 7.38. The predicted molar refractivity (Wildman–Crippen MR) is 126 cm³/mol. The first-order valence-electron chi connectivity index (χ1n) is 10.8. The fourth-order valence-corrected chi connectivity index (χ4v) is 3.48. The Balaban J connectivity index is 1.33. The van der Waals surface area contributed by atoms with E-state index in [-0.39, 0.29) is 5.91 Å². The summed E-state index contributed by atoms with van der Waals surface area (Å²) in [6, 6.07) is 23.2. The molecule has 0 radical (unpaired) electrons. The molecule has 1 amide bonds. The number of carbonyl (C=O) groups excluding carboxylic acids is 1. The van der Waals surface area contributed by atoms with E-state index < -0.39 is 0 Å². The van der Waals surface area contributed by atoms with E-state index in [4.69, 9.17) is 13.9 Å². The molecule has 4 rings (SSSR count). The smallest absolute Gasteiger partial charge is 0.220 e. The van der Waals surface area contributed by atoms with Crippen molar-refractivity contribution in [3.05, 3.63) is 102 Å². The molecule has 33 heavy (non-hydrogen) atoms. The summed E-state index contributed by atoms with van der Waals surface area (Å²) >= 11 is 0. The number of ether oxygens (including phenoxy) is 2. The van der Waals surface area contributed by atoms with Gasteiger partial charge in [-0.1, -0.05) is 42.5 Å². The molecule has 0 atom stereocenters. The fraction of sp³-hybridized carbons (Fsp3) is 0.185. The molecular weight excluding hydrogens is 416 g/mol. The number of nitrogens with zero attached hydrogens (tertiary/aromatic N) is 1. The average molecular weight is 443 g/mol. The Labute approximate surface area is 193 Å². The normalized spacial score (nSPS) is 10.6. The molecule has 2 heterocycles. The zero-order chi connectivity index (χ0) is 22.9. The van der Waals surface area contributed by atoms with Crippen LogP contribution in [0, 0.1) is 0 Å². The maximum absolute atomic E-state index is 12.5. The van der Waals surface area contributed by atoms with E-state index in [1.54, 1.807) is 19.6 Å². The third kappa shape index (κ3) is 6.01. The lowest BCUT2D eigenvalue weighted by Crippen LogP contribution is -2.23. The minimum Gasteiger partial charge on any atom is -0.493 e. The molecule has 0 spiro atoms. The summed E-state index contributed by atoms with van der Waals surface area (Å²) in [5.74, 6) is 1.98. The predicted octanol–water partition coefficient (Wildman–Crippen LogP) is 5.18. The van der Waals surface area contributed by atoms with Gasteiger partial charge in [0.2, 0.25) is 5.91 Å². The van der Waals surface area contributed by atoms with Crippen LogP contribution in [0.4, 0.5) is 0 Å². The van der Waals surface area contributed by atoms with Crippen LogP contribution in [0.3, 0.4) is 0 Å². The summed E-state index contributed by atoms with van der Waals surface area (Å²) in [5, 5.41) is 2.98. The van der Waals surface area contributed by atoms with Gasteiger partial charge in [-0.2, -0.15) is 0 Å². The molecule has 0 saturated carbocycles. The number of amides is 1. The Morgan fingerprint density at radius 2 is 1.85 bits per heavy atom. The summed E-state index contributed by atoms with van der Waals surface area (Å²) in [5.41, 5.74) is 3.72. The molecule has 0 aliphatic carbocycles. The lowest BCUT2D eigenvalue weighted by Gasteiger charge is -2.13. The molecule has 6 heteroatoms. The summed E-state index contributed by atoms with van der Waals surface area (Å²) in [6.07, 6.45) is 4.28. The molecule has 4 aromatic rings. The van der Waals surface area contributed by atoms with E-state index in [0.717, 1.165) is 22.4 Å². The van der Waals surface area contributed by atoms with Crippen molar-refractivity contribution in [3.8, 4) is 23.0 Å². The quantitative estimate of drug-likeness (QED) is 0.366. The number of aryl methyl sites for hydroxylation is 1. The molecule has 0 aliphatic rings. The largest absolute Gasteiger partial charge is 0.493 e. The second-order valence-electron chi connectivity index (χ2n) is 7.52. The zero-order valence-corrected chi connectivity index (χ0v) is 18.5. The van der Waals surface area contributed by atoms with Crippen LogP contribution in [0.1, 0.15) is 23.1 Å². The third-order valence-corrected chi connectivity index (χ3v) is 5.23. The topological polar surface area (TPSA) is 73.6 Å². The SMILES string of the molecule is COc1ccc(CCC(=O)NCc2cccnc2-c2ccco2)cc1OCc1ccccc1. The summed E-state index contributed by atoms with van der Waals surface area (Å²) < 4.78 is 16.9. The van der Waals surface area contributed by atoms with Crippen LogP contribution < -0.4 is 14.8 Å². The van der Waals surface area contributed by atoms with Gasteiger partial charge in [0.05, 0.1) is 13.4 Å². The van der Waals surface area contributed by atoms with Gasteiger partial charge >= 0.3 is 0 Å². The van der Waals surface area contributed by atoms with Crippen molar-refractivity contribution >= 4 is 5.91 Å². The van der Waals surface area contributed by atoms with Gasteiger partial charge in [-0.25, -0.2) is 0 Å². The monoisotopic (exact) mass is 442 g/mol. The highest BCUT2D eigenvalue weighted by molar-refractivity contribution is 5.76. The molecule has 168 valence electrons. The van der Waals surface area contributed by atoms with E-state index in [9.17, 15) is 4.79 Å². The molecule has 0 fully saturated rings. The van der Waals surface area contributed by atoms with Gasteiger partial charge in [0.25, 0.3) is 0 Å². The van der Waals surface area contributed by atoms with Gasteiger partial charge < -0.3 is 19.2 Å². The van der Waals surface area contributed by atoms with Crippen molar-refractivity contribution in [2.75, 3.05) is 7.11 Å². The van der Waals surface area contributed by atoms with Crippen molar-refractivity contribution in [3.63, 3.8) is 0 Å². The van der Waals surface area contributed by atoms with Crippen LogP contribution in [-0.2, 0) is 24.4 Å². The number of pyridine rings is 1. The van der Waals surface area contributed by atoms with E-state index in [0.29, 0.717) is 43.3 Å². The number of carbonyl (C=O) groups is 1. The van der Waals surface area contributed by atoms with Crippen molar-refractivity contribution in [2.45, 2.75) is 26.0 Å². The lowest BCUT2D eigenvalue weighted by atomic mass is 10.1. The van der Waals surface area contributed by atoms with Gasteiger partial charge in [0, 0.05) is 24.7 Å². The lowest BCUT2D eigenvalue weighted by molar-refractivity contribution is -0.121. The minimum absolute atomic E-state index is 0.0354. The number of hydrogen-bond donors (Lipinski definition) is 1. The first-order chi connectivity index (χ1) is 16.2. The highest BCUT2D eigenvalue weighted by atomic mass is 16.5. The van der Waals surface area contributed by atoms with Crippen molar-refractivity contribution < 1.29 is 18.7 Å². The maximum atomic E-state index is 12.5. The maximum Gasteiger partial charge on any atom is 0.220 e. The van der Waals surface area contributed by atoms with Crippen molar-refractivity contribution in [1.29, 1.82) is 0 Å². The number of benzene rings is 2. The molecular formula is C27H26N2O4. The fourth-order valence-electron chi connectivity index (χ4n) is 3.48. The summed E-state index contributed by atoms with van der Waals surface area (Å²) in [7, 11) is 1.62. The second-order valence-corrected chi connectivity index (χ2v) is 7.52. The van der Waals surface area contributed by atoms with Crippen molar-refractivity contribution in [1.82, 2.24) is 10.3 Å². The third-order valence-electron chi connectivity index (χ3n) is 5.23. The Bertz CT molecular complexity index is 1170. The molecule has 0 saturated heterocycles. The zero-order valence-electron chi connectivity index (χ0n) is 18.5. The van der Waals surface area contributed by atoms with Gasteiger partial charge in [-0.05, 0) is 47.9 Å². The first-order valence-corrected chi connectivity index (χ1v) is 10.8. The molecule has 0 unspecified atom stereocenters. The molecule has 0 bridgehead atoms. The Morgan fingerprint density at radius 3 is 2.64 bits per heavy atom. The highest BCUT2D eigenvalue weighted by Crippen LogP contribution is 2.29. The number of methoxy groups -OCH3 is 1. The average Bonchev–Trinajstić information content (AvgIpc) is 3.41. The van der Waals surface area contributed by atoms with Crippen LogP contribution in [0.2, 0.25) is 0 Å². The highest BCUT2D eigenvalue weighted by Gasteiger charge is 2.11. The van der Waals surface area contributed by atoms with E-state index in [2.05, 4.69) is 10.3 Å².